The second-order valence-corrected chi connectivity index (χ2v) is 7.99. The lowest BCUT2D eigenvalue weighted by molar-refractivity contribution is 0.288. The summed E-state index contributed by atoms with van der Waals surface area (Å²) >= 11 is 2.68. The van der Waals surface area contributed by atoms with Gasteiger partial charge in [-0.1, -0.05) is 36.0 Å². The minimum atomic E-state index is 0.0890. The molecule has 0 saturated heterocycles. The molecule has 0 aliphatic rings. The SMILES string of the molecule is N#Cc1c(N)nc(SCc2csc(N)n2)c(C#N)c1-c1ccc(CCCO)cc1. The second kappa shape index (κ2) is 9.39. The molecule has 0 aliphatic heterocycles. The molecule has 0 radical (unpaired) electrons. The monoisotopic (exact) mass is 422 g/mol. The molecule has 146 valence electrons. The highest BCUT2D eigenvalue weighted by Crippen LogP contribution is 2.36. The Balaban J connectivity index is 2.01. The summed E-state index contributed by atoms with van der Waals surface area (Å²) in [6.45, 7) is 0.130. The van der Waals surface area contributed by atoms with Crippen molar-refractivity contribution in [2.24, 2.45) is 0 Å². The van der Waals surface area contributed by atoms with Crippen molar-refractivity contribution in [3.63, 3.8) is 0 Å². The molecular formula is C20H18N6OS2. The van der Waals surface area contributed by atoms with Crippen molar-refractivity contribution in [3.8, 4) is 23.3 Å². The van der Waals surface area contributed by atoms with Crippen molar-refractivity contribution in [3.05, 3.63) is 52.0 Å². The minimum Gasteiger partial charge on any atom is -0.396 e. The Morgan fingerprint density at radius 2 is 1.79 bits per heavy atom. The van der Waals surface area contributed by atoms with E-state index in [-0.39, 0.29) is 18.0 Å². The summed E-state index contributed by atoms with van der Waals surface area (Å²) in [5, 5.41) is 31.2. The normalized spacial score (nSPS) is 10.4. The van der Waals surface area contributed by atoms with Gasteiger partial charge in [-0.2, -0.15) is 10.5 Å². The quantitative estimate of drug-likeness (QED) is 0.491. The molecule has 0 aliphatic carbocycles. The molecule has 3 rings (SSSR count). The van der Waals surface area contributed by atoms with Gasteiger partial charge in [-0.25, -0.2) is 9.97 Å². The number of hydrogen-bond donors (Lipinski definition) is 3. The van der Waals surface area contributed by atoms with E-state index < -0.39 is 0 Å². The summed E-state index contributed by atoms with van der Waals surface area (Å²) in [5.74, 6) is 0.575. The van der Waals surface area contributed by atoms with Crippen molar-refractivity contribution < 1.29 is 5.11 Å². The first kappa shape index (κ1) is 20.6. The fourth-order valence-electron chi connectivity index (χ4n) is 2.84. The first-order valence-electron chi connectivity index (χ1n) is 8.73. The Kier molecular flexibility index (Phi) is 6.68. The Hall–Kier alpha value is -3.11. The van der Waals surface area contributed by atoms with Crippen LogP contribution in [0, 0.1) is 22.7 Å². The van der Waals surface area contributed by atoms with E-state index in [1.807, 2.05) is 29.6 Å². The third-order valence-corrected chi connectivity index (χ3v) is 5.94. The lowest BCUT2D eigenvalue weighted by Gasteiger charge is -2.13. The van der Waals surface area contributed by atoms with Crippen molar-refractivity contribution in [2.75, 3.05) is 18.1 Å². The standard InChI is InChI=1S/C20H18N6OS2/c21-8-15-17(13-5-3-12(4-6-13)2-1-7-27)16(9-22)19(26-18(15)23)28-10-14-11-29-20(24)25-14/h3-6,11,27H,1-2,7,10H2,(H2,23,26)(H2,24,25). The van der Waals surface area contributed by atoms with Crippen molar-refractivity contribution in [1.82, 2.24) is 9.97 Å². The molecule has 2 aromatic heterocycles. The van der Waals surface area contributed by atoms with Gasteiger partial charge in [0.15, 0.2) is 5.13 Å². The van der Waals surface area contributed by atoms with E-state index in [0.29, 0.717) is 33.5 Å². The van der Waals surface area contributed by atoms with Crippen LogP contribution < -0.4 is 11.5 Å². The van der Waals surface area contributed by atoms with Gasteiger partial charge in [0.1, 0.15) is 28.5 Å². The molecule has 0 fully saturated rings. The molecule has 1 aromatic carbocycles. The van der Waals surface area contributed by atoms with Crippen LogP contribution in [0.15, 0.2) is 34.7 Å². The van der Waals surface area contributed by atoms with E-state index in [0.717, 1.165) is 23.2 Å². The number of aliphatic hydroxyl groups is 1. The Bertz CT molecular complexity index is 1100. The molecule has 0 spiro atoms. The number of nitrogens with zero attached hydrogens (tertiary/aromatic N) is 4. The van der Waals surface area contributed by atoms with E-state index in [9.17, 15) is 10.5 Å². The molecule has 0 saturated carbocycles. The van der Waals surface area contributed by atoms with Crippen molar-refractivity contribution in [2.45, 2.75) is 23.6 Å². The number of nitrogens with two attached hydrogens (primary N) is 2. The maximum atomic E-state index is 9.83. The average Bonchev–Trinajstić information content (AvgIpc) is 3.15. The highest BCUT2D eigenvalue weighted by molar-refractivity contribution is 7.98. The van der Waals surface area contributed by atoms with Gasteiger partial charge < -0.3 is 16.6 Å². The number of aryl methyl sites for hydroxylation is 1. The predicted molar refractivity (Wildman–Crippen MR) is 115 cm³/mol. The van der Waals surface area contributed by atoms with Gasteiger partial charge in [0.05, 0.1) is 11.3 Å². The van der Waals surface area contributed by atoms with Gasteiger partial charge in [0.25, 0.3) is 0 Å². The van der Waals surface area contributed by atoms with Gasteiger partial charge in [-0.3, -0.25) is 0 Å². The predicted octanol–water partition coefficient (Wildman–Crippen LogP) is 3.33. The minimum absolute atomic E-state index is 0.0890. The highest BCUT2D eigenvalue weighted by Gasteiger charge is 2.20. The zero-order chi connectivity index (χ0) is 20.8. The molecule has 9 heteroatoms. The Morgan fingerprint density at radius 3 is 2.38 bits per heavy atom. The lowest BCUT2D eigenvalue weighted by Crippen LogP contribution is -2.03. The fourth-order valence-corrected chi connectivity index (χ4v) is 4.40. The van der Waals surface area contributed by atoms with Crippen LogP contribution in [0.5, 0.6) is 0 Å². The van der Waals surface area contributed by atoms with Crippen LogP contribution in [-0.4, -0.2) is 21.7 Å². The molecule has 29 heavy (non-hydrogen) atoms. The van der Waals surface area contributed by atoms with Gasteiger partial charge in [-0.15, -0.1) is 11.3 Å². The van der Waals surface area contributed by atoms with Crippen LogP contribution >= 0.6 is 23.1 Å². The van der Waals surface area contributed by atoms with Crippen LogP contribution in [0.2, 0.25) is 0 Å². The molecule has 0 bridgehead atoms. The zero-order valence-corrected chi connectivity index (χ0v) is 17.1. The number of thioether (sulfide) groups is 1. The van der Waals surface area contributed by atoms with E-state index in [2.05, 4.69) is 22.1 Å². The van der Waals surface area contributed by atoms with E-state index in [1.54, 1.807) is 0 Å². The van der Waals surface area contributed by atoms with Crippen molar-refractivity contribution >= 4 is 34.0 Å². The maximum Gasteiger partial charge on any atom is 0.180 e. The number of rotatable bonds is 7. The second-order valence-electron chi connectivity index (χ2n) is 6.14. The highest BCUT2D eigenvalue weighted by atomic mass is 32.2. The average molecular weight is 423 g/mol. The van der Waals surface area contributed by atoms with Crippen LogP contribution in [0.3, 0.4) is 0 Å². The number of pyridine rings is 1. The number of aromatic nitrogens is 2. The van der Waals surface area contributed by atoms with Gasteiger partial charge >= 0.3 is 0 Å². The molecule has 0 unspecified atom stereocenters. The molecule has 3 aromatic rings. The third-order valence-electron chi connectivity index (χ3n) is 4.21. The number of aliphatic hydroxyl groups excluding tert-OH is 1. The number of nitrogen functional groups attached to an aromatic ring is 2. The molecule has 0 amide bonds. The van der Waals surface area contributed by atoms with Gasteiger partial charge in [0, 0.05) is 23.3 Å². The van der Waals surface area contributed by atoms with E-state index >= 15 is 0 Å². The van der Waals surface area contributed by atoms with Crippen LogP contribution in [0.4, 0.5) is 10.9 Å². The molecule has 0 atom stereocenters. The summed E-state index contributed by atoms with van der Waals surface area (Å²) in [6.07, 6.45) is 1.43. The Morgan fingerprint density at radius 1 is 1.07 bits per heavy atom. The van der Waals surface area contributed by atoms with Gasteiger partial charge in [-0.05, 0) is 24.0 Å². The summed E-state index contributed by atoms with van der Waals surface area (Å²) in [6, 6.07) is 11.8. The lowest BCUT2D eigenvalue weighted by atomic mass is 9.95. The number of hydrogen-bond acceptors (Lipinski definition) is 9. The van der Waals surface area contributed by atoms with Crippen LogP contribution in [0.1, 0.15) is 28.8 Å². The number of anilines is 2. The first-order chi connectivity index (χ1) is 14.1. The topological polar surface area (TPSA) is 146 Å². The molecular weight excluding hydrogens is 404 g/mol. The number of thiazole rings is 1. The number of benzene rings is 1. The summed E-state index contributed by atoms with van der Waals surface area (Å²) in [7, 11) is 0. The smallest absolute Gasteiger partial charge is 0.180 e. The molecule has 5 N–H and O–H groups in total. The summed E-state index contributed by atoms with van der Waals surface area (Å²) < 4.78 is 0. The molecule has 2 heterocycles. The van der Waals surface area contributed by atoms with E-state index in [4.69, 9.17) is 16.6 Å². The maximum absolute atomic E-state index is 9.83. The zero-order valence-electron chi connectivity index (χ0n) is 15.4. The van der Waals surface area contributed by atoms with E-state index in [1.165, 1.54) is 23.1 Å². The van der Waals surface area contributed by atoms with Crippen molar-refractivity contribution in [1.29, 1.82) is 10.5 Å². The van der Waals surface area contributed by atoms with Gasteiger partial charge in [0.2, 0.25) is 0 Å². The first-order valence-corrected chi connectivity index (χ1v) is 10.6. The Labute approximate surface area is 176 Å². The summed E-state index contributed by atoms with van der Waals surface area (Å²) in [4.78, 5) is 8.51. The van der Waals surface area contributed by atoms with Crippen LogP contribution in [0.25, 0.3) is 11.1 Å². The molecule has 7 nitrogen and oxygen atoms in total. The third kappa shape index (κ3) is 4.66. The fraction of sp³-hybridized carbons (Fsp3) is 0.200. The number of nitriles is 2. The van der Waals surface area contributed by atoms with Crippen LogP contribution in [-0.2, 0) is 12.2 Å². The summed E-state index contributed by atoms with van der Waals surface area (Å²) in [5.41, 5.74) is 15.3. The largest absolute Gasteiger partial charge is 0.396 e.